The second-order valence-electron chi connectivity index (χ2n) is 5.62. The van der Waals surface area contributed by atoms with Crippen LogP contribution >= 0.6 is 11.6 Å². The Hall–Kier alpha value is -2.54. The van der Waals surface area contributed by atoms with Crippen molar-refractivity contribution in [1.29, 1.82) is 0 Å². The number of alkyl halides is 3. The zero-order chi connectivity index (χ0) is 19.5. The van der Waals surface area contributed by atoms with E-state index in [1.807, 2.05) is 13.8 Å². The molecule has 0 radical (unpaired) electrons. The molecule has 0 aliphatic heterocycles. The summed E-state index contributed by atoms with van der Waals surface area (Å²) in [5.41, 5.74) is 1.01. The average Bonchev–Trinajstić information content (AvgIpc) is 2.56. The lowest BCUT2D eigenvalue weighted by Gasteiger charge is -2.12. The van der Waals surface area contributed by atoms with E-state index in [9.17, 15) is 22.8 Å². The third-order valence-electron chi connectivity index (χ3n) is 3.63. The van der Waals surface area contributed by atoms with E-state index in [4.69, 9.17) is 16.3 Å². The number of rotatable bonds is 4. The number of esters is 1. The molecule has 0 saturated heterocycles. The Balaban J connectivity index is 1.99. The van der Waals surface area contributed by atoms with Gasteiger partial charge < -0.3 is 10.1 Å². The number of ether oxygens (including phenoxy) is 1. The fourth-order valence-corrected chi connectivity index (χ4v) is 2.32. The molecule has 0 saturated carbocycles. The SMILES string of the molecule is Cc1ccc(C(=O)OCC(=O)Nc2ccc(Cl)c(C(F)(F)F)c2)cc1C. The number of carbonyl (C=O) groups is 2. The molecule has 0 fully saturated rings. The number of amides is 1. The van der Waals surface area contributed by atoms with Crippen LogP contribution in [0, 0.1) is 13.8 Å². The molecule has 4 nitrogen and oxygen atoms in total. The summed E-state index contributed by atoms with van der Waals surface area (Å²) in [4.78, 5) is 23.7. The second-order valence-corrected chi connectivity index (χ2v) is 6.02. The van der Waals surface area contributed by atoms with Gasteiger partial charge in [-0.2, -0.15) is 13.2 Å². The molecule has 2 rings (SSSR count). The lowest BCUT2D eigenvalue weighted by atomic mass is 10.1. The maximum absolute atomic E-state index is 12.8. The van der Waals surface area contributed by atoms with Gasteiger partial charge in [0.2, 0.25) is 0 Å². The van der Waals surface area contributed by atoms with Gasteiger partial charge >= 0.3 is 12.1 Å². The van der Waals surface area contributed by atoms with Crippen LogP contribution in [0.4, 0.5) is 18.9 Å². The Bertz CT molecular complexity index is 850. The van der Waals surface area contributed by atoms with E-state index in [0.717, 1.165) is 17.2 Å². The van der Waals surface area contributed by atoms with Gasteiger partial charge in [0.25, 0.3) is 5.91 Å². The molecule has 0 aromatic heterocycles. The highest BCUT2D eigenvalue weighted by Crippen LogP contribution is 2.36. The predicted octanol–water partition coefficient (Wildman–Crippen LogP) is 4.77. The number of nitrogens with one attached hydrogen (secondary N) is 1. The van der Waals surface area contributed by atoms with Gasteiger partial charge in [0.1, 0.15) is 0 Å². The fraction of sp³-hybridized carbons (Fsp3) is 0.222. The molecule has 0 spiro atoms. The van der Waals surface area contributed by atoms with Crippen molar-refractivity contribution >= 4 is 29.2 Å². The maximum Gasteiger partial charge on any atom is 0.417 e. The minimum Gasteiger partial charge on any atom is -0.452 e. The summed E-state index contributed by atoms with van der Waals surface area (Å²) >= 11 is 5.51. The lowest BCUT2D eigenvalue weighted by molar-refractivity contribution is -0.137. The van der Waals surface area contributed by atoms with E-state index in [1.165, 1.54) is 6.07 Å². The minimum absolute atomic E-state index is 0.103. The van der Waals surface area contributed by atoms with Crippen LogP contribution in [0.2, 0.25) is 5.02 Å². The summed E-state index contributed by atoms with van der Waals surface area (Å²) in [6.45, 7) is 3.09. The first-order chi connectivity index (χ1) is 12.1. The predicted molar refractivity (Wildman–Crippen MR) is 91.3 cm³/mol. The van der Waals surface area contributed by atoms with Gasteiger partial charge in [-0.3, -0.25) is 4.79 Å². The summed E-state index contributed by atoms with van der Waals surface area (Å²) in [6.07, 6.45) is -4.65. The van der Waals surface area contributed by atoms with Crippen LogP contribution in [-0.4, -0.2) is 18.5 Å². The lowest BCUT2D eigenvalue weighted by Crippen LogP contribution is -2.21. The number of benzene rings is 2. The first-order valence-electron chi connectivity index (χ1n) is 7.49. The molecule has 2 aromatic rings. The first kappa shape index (κ1) is 19.8. The molecule has 8 heteroatoms. The van der Waals surface area contributed by atoms with Gasteiger partial charge in [-0.25, -0.2) is 4.79 Å². The molecule has 1 amide bonds. The summed E-state index contributed by atoms with van der Waals surface area (Å²) in [5.74, 6) is -1.46. The Morgan fingerprint density at radius 1 is 1.08 bits per heavy atom. The smallest absolute Gasteiger partial charge is 0.417 e. The van der Waals surface area contributed by atoms with Crippen LogP contribution in [0.1, 0.15) is 27.0 Å². The summed E-state index contributed by atoms with van der Waals surface area (Å²) < 4.78 is 43.3. The van der Waals surface area contributed by atoms with Gasteiger partial charge in [0.15, 0.2) is 6.61 Å². The van der Waals surface area contributed by atoms with Crippen molar-refractivity contribution in [2.24, 2.45) is 0 Å². The van der Waals surface area contributed by atoms with E-state index in [0.29, 0.717) is 6.07 Å². The van der Waals surface area contributed by atoms with Crippen molar-refractivity contribution in [3.8, 4) is 0 Å². The van der Waals surface area contributed by atoms with Crippen molar-refractivity contribution in [3.63, 3.8) is 0 Å². The highest BCUT2D eigenvalue weighted by atomic mass is 35.5. The molecular weight excluding hydrogens is 371 g/mol. The zero-order valence-electron chi connectivity index (χ0n) is 13.9. The molecule has 1 N–H and O–H groups in total. The van der Waals surface area contributed by atoms with Crippen LogP contribution in [0.25, 0.3) is 0 Å². The van der Waals surface area contributed by atoms with Crippen LogP contribution in [0.15, 0.2) is 36.4 Å². The quantitative estimate of drug-likeness (QED) is 0.771. The number of carbonyl (C=O) groups excluding carboxylic acids is 2. The van der Waals surface area contributed by atoms with Crippen LogP contribution in [-0.2, 0) is 15.7 Å². The van der Waals surface area contributed by atoms with Gasteiger partial charge in [-0.15, -0.1) is 0 Å². The third kappa shape index (κ3) is 4.98. The summed E-state index contributed by atoms with van der Waals surface area (Å²) in [7, 11) is 0. The maximum atomic E-state index is 12.8. The second kappa shape index (κ2) is 7.78. The number of hydrogen-bond acceptors (Lipinski definition) is 3. The molecule has 0 atom stereocenters. The topological polar surface area (TPSA) is 55.4 Å². The Morgan fingerprint density at radius 2 is 1.77 bits per heavy atom. The summed E-state index contributed by atoms with van der Waals surface area (Å²) in [5, 5.41) is 1.76. The third-order valence-corrected chi connectivity index (χ3v) is 3.96. The van der Waals surface area contributed by atoms with Crippen molar-refractivity contribution in [1.82, 2.24) is 0 Å². The van der Waals surface area contributed by atoms with E-state index in [1.54, 1.807) is 18.2 Å². The Morgan fingerprint density at radius 3 is 2.38 bits per heavy atom. The van der Waals surface area contributed by atoms with Crippen molar-refractivity contribution in [3.05, 3.63) is 63.7 Å². The van der Waals surface area contributed by atoms with Crippen molar-refractivity contribution in [2.75, 3.05) is 11.9 Å². The number of aryl methyl sites for hydroxylation is 2. The van der Waals surface area contributed by atoms with Crippen LogP contribution in [0.5, 0.6) is 0 Å². The van der Waals surface area contributed by atoms with E-state index < -0.39 is 35.2 Å². The molecule has 26 heavy (non-hydrogen) atoms. The highest BCUT2D eigenvalue weighted by molar-refractivity contribution is 6.31. The molecule has 0 aliphatic carbocycles. The van der Waals surface area contributed by atoms with E-state index in [2.05, 4.69) is 5.32 Å². The van der Waals surface area contributed by atoms with Gasteiger partial charge in [-0.05, 0) is 55.3 Å². The molecule has 0 heterocycles. The normalized spacial score (nSPS) is 11.2. The minimum atomic E-state index is -4.65. The van der Waals surface area contributed by atoms with Crippen molar-refractivity contribution < 1.29 is 27.5 Å². The number of halogens is 4. The van der Waals surface area contributed by atoms with Crippen LogP contribution < -0.4 is 5.32 Å². The van der Waals surface area contributed by atoms with E-state index >= 15 is 0 Å². The molecule has 2 aromatic carbocycles. The molecule has 0 unspecified atom stereocenters. The fourth-order valence-electron chi connectivity index (χ4n) is 2.10. The standard InChI is InChI=1S/C18H15ClF3NO3/c1-10-3-4-12(7-11(10)2)17(25)26-9-16(24)23-13-5-6-15(19)14(8-13)18(20,21)22/h3-8H,9H2,1-2H3,(H,23,24). The first-order valence-corrected chi connectivity index (χ1v) is 7.86. The largest absolute Gasteiger partial charge is 0.452 e. The van der Waals surface area contributed by atoms with Crippen LogP contribution in [0.3, 0.4) is 0 Å². The Kier molecular flexibility index (Phi) is 5.92. The van der Waals surface area contributed by atoms with E-state index in [-0.39, 0.29) is 11.3 Å². The molecule has 0 bridgehead atoms. The van der Waals surface area contributed by atoms with Gasteiger partial charge in [0.05, 0.1) is 16.1 Å². The van der Waals surface area contributed by atoms with Gasteiger partial charge in [0, 0.05) is 5.69 Å². The Labute approximate surface area is 152 Å². The monoisotopic (exact) mass is 385 g/mol. The van der Waals surface area contributed by atoms with Gasteiger partial charge in [-0.1, -0.05) is 17.7 Å². The summed E-state index contributed by atoms with van der Waals surface area (Å²) in [6, 6.07) is 7.91. The zero-order valence-corrected chi connectivity index (χ0v) is 14.7. The number of hydrogen-bond donors (Lipinski definition) is 1. The molecule has 138 valence electrons. The highest BCUT2D eigenvalue weighted by Gasteiger charge is 2.33. The average molecular weight is 386 g/mol. The number of anilines is 1. The molecule has 0 aliphatic rings. The van der Waals surface area contributed by atoms with Crippen molar-refractivity contribution in [2.45, 2.75) is 20.0 Å². The molecular formula is C18H15ClF3NO3.